The van der Waals surface area contributed by atoms with Gasteiger partial charge in [0.05, 0.1) is 6.10 Å². The van der Waals surface area contributed by atoms with Gasteiger partial charge in [-0.1, -0.05) is 11.6 Å². The predicted octanol–water partition coefficient (Wildman–Crippen LogP) is 3.41. The van der Waals surface area contributed by atoms with Crippen LogP contribution in [0.3, 0.4) is 0 Å². The minimum absolute atomic E-state index is 0.203. The maximum Gasteiger partial charge on any atom is 0.226 e. The lowest BCUT2D eigenvalue weighted by molar-refractivity contribution is 0.120. The van der Waals surface area contributed by atoms with E-state index >= 15 is 0 Å². The van der Waals surface area contributed by atoms with Gasteiger partial charge < -0.3 is 15.4 Å². The van der Waals surface area contributed by atoms with Gasteiger partial charge in [0.15, 0.2) is 17.0 Å². The lowest BCUT2D eigenvalue weighted by atomic mass is 10.2. The van der Waals surface area contributed by atoms with E-state index in [0.717, 1.165) is 25.1 Å². The van der Waals surface area contributed by atoms with Crippen LogP contribution in [-0.2, 0) is 4.74 Å². The first-order valence-corrected chi connectivity index (χ1v) is 8.52. The van der Waals surface area contributed by atoms with Crippen molar-refractivity contribution in [2.24, 2.45) is 0 Å². The largest absolute Gasteiger partial charge is 0.376 e. The Bertz CT molecular complexity index is 867. The van der Waals surface area contributed by atoms with Crippen molar-refractivity contribution in [1.29, 1.82) is 0 Å². The molecule has 1 saturated heterocycles. The Morgan fingerprint density at radius 1 is 1.12 bits per heavy atom. The average molecular weight is 357 g/mol. The summed E-state index contributed by atoms with van der Waals surface area (Å²) >= 11 is 5.94. The van der Waals surface area contributed by atoms with Crippen molar-refractivity contribution in [3.05, 3.63) is 41.7 Å². The Hall–Kier alpha value is -2.51. The molecule has 0 spiro atoms. The molecule has 1 fully saturated rings. The van der Waals surface area contributed by atoms with Gasteiger partial charge in [-0.15, -0.1) is 0 Å². The molecule has 1 atom stereocenters. The Kier molecular flexibility index (Phi) is 4.58. The molecule has 0 bridgehead atoms. The van der Waals surface area contributed by atoms with Crippen molar-refractivity contribution in [2.75, 3.05) is 23.8 Å². The minimum atomic E-state index is 0.203. The standard InChI is InChI=1S/C17H17ClN6O/c18-11-3-5-12(6-4-11)22-16-14-15(20-8-7-19-14)23-17(24-16)21-10-13-2-1-9-25-13/h3-8,13H,1-2,9-10H2,(H2,20,21,22,23,24)/t13-/m0/s1. The number of nitrogens with zero attached hydrogens (tertiary/aromatic N) is 4. The van der Waals surface area contributed by atoms with Crippen LogP contribution in [0.2, 0.25) is 5.02 Å². The molecule has 25 heavy (non-hydrogen) atoms. The summed E-state index contributed by atoms with van der Waals surface area (Å²) in [5, 5.41) is 7.17. The molecule has 1 aliphatic rings. The zero-order valence-electron chi connectivity index (χ0n) is 13.4. The highest BCUT2D eigenvalue weighted by atomic mass is 35.5. The second kappa shape index (κ2) is 7.16. The van der Waals surface area contributed by atoms with Crippen LogP contribution < -0.4 is 10.6 Å². The molecule has 8 heteroatoms. The molecule has 2 N–H and O–H groups in total. The maximum absolute atomic E-state index is 5.94. The Labute approximate surface area is 149 Å². The number of aromatic nitrogens is 4. The Morgan fingerprint density at radius 2 is 1.96 bits per heavy atom. The van der Waals surface area contributed by atoms with Crippen LogP contribution in [0.25, 0.3) is 11.2 Å². The number of fused-ring (bicyclic) bond motifs is 1. The van der Waals surface area contributed by atoms with Crippen molar-refractivity contribution in [1.82, 2.24) is 19.9 Å². The third-order valence-electron chi connectivity index (χ3n) is 3.95. The topological polar surface area (TPSA) is 84.9 Å². The molecule has 0 radical (unpaired) electrons. The number of benzene rings is 1. The van der Waals surface area contributed by atoms with E-state index in [0.29, 0.717) is 34.5 Å². The first-order chi connectivity index (χ1) is 12.3. The summed E-state index contributed by atoms with van der Waals surface area (Å²) in [5.74, 6) is 1.09. The normalized spacial score (nSPS) is 16.9. The molecule has 128 valence electrons. The van der Waals surface area contributed by atoms with Crippen LogP contribution in [-0.4, -0.2) is 39.2 Å². The summed E-state index contributed by atoms with van der Waals surface area (Å²) in [6, 6.07) is 7.39. The second-order valence-corrected chi connectivity index (χ2v) is 6.21. The molecular weight excluding hydrogens is 340 g/mol. The predicted molar refractivity (Wildman–Crippen MR) is 97.3 cm³/mol. The number of nitrogens with one attached hydrogen (secondary N) is 2. The zero-order chi connectivity index (χ0) is 17.1. The molecule has 0 aliphatic carbocycles. The molecule has 1 aliphatic heterocycles. The van der Waals surface area contributed by atoms with Gasteiger partial charge in [0.2, 0.25) is 5.95 Å². The second-order valence-electron chi connectivity index (χ2n) is 5.77. The van der Waals surface area contributed by atoms with Gasteiger partial charge >= 0.3 is 0 Å². The third-order valence-corrected chi connectivity index (χ3v) is 4.20. The summed E-state index contributed by atoms with van der Waals surface area (Å²) in [4.78, 5) is 17.6. The van der Waals surface area contributed by atoms with Gasteiger partial charge in [0.1, 0.15) is 0 Å². The zero-order valence-corrected chi connectivity index (χ0v) is 14.2. The van der Waals surface area contributed by atoms with E-state index in [1.165, 1.54) is 0 Å². The lowest BCUT2D eigenvalue weighted by Crippen LogP contribution is -2.20. The summed E-state index contributed by atoms with van der Waals surface area (Å²) in [6.45, 7) is 1.49. The summed E-state index contributed by atoms with van der Waals surface area (Å²) < 4.78 is 5.63. The van der Waals surface area contributed by atoms with E-state index in [2.05, 4.69) is 30.6 Å². The fourth-order valence-electron chi connectivity index (χ4n) is 2.71. The van der Waals surface area contributed by atoms with Crippen molar-refractivity contribution >= 4 is 40.2 Å². The summed E-state index contributed by atoms with van der Waals surface area (Å²) in [6.07, 6.45) is 5.59. The first kappa shape index (κ1) is 16.0. The van der Waals surface area contributed by atoms with Gasteiger partial charge in [-0.25, -0.2) is 9.97 Å². The molecule has 7 nitrogen and oxygen atoms in total. The first-order valence-electron chi connectivity index (χ1n) is 8.15. The molecule has 3 aromatic rings. The minimum Gasteiger partial charge on any atom is -0.376 e. The highest BCUT2D eigenvalue weighted by Crippen LogP contribution is 2.23. The van der Waals surface area contributed by atoms with Crippen LogP contribution in [0.1, 0.15) is 12.8 Å². The van der Waals surface area contributed by atoms with E-state index in [9.17, 15) is 0 Å². The number of ether oxygens (including phenoxy) is 1. The molecular formula is C17H17ClN6O. The summed E-state index contributed by atoms with van der Waals surface area (Å²) in [5.41, 5.74) is 2.00. The van der Waals surface area contributed by atoms with E-state index in [4.69, 9.17) is 16.3 Å². The van der Waals surface area contributed by atoms with E-state index in [1.54, 1.807) is 12.4 Å². The van der Waals surface area contributed by atoms with Gasteiger partial charge in [-0.2, -0.15) is 9.97 Å². The smallest absolute Gasteiger partial charge is 0.226 e. The number of anilines is 3. The van der Waals surface area contributed by atoms with Gasteiger partial charge in [0, 0.05) is 36.3 Å². The highest BCUT2D eigenvalue weighted by molar-refractivity contribution is 6.30. The number of halogens is 1. The fraction of sp³-hybridized carbons (Fsp3) is 0.294. The average Bonchev–Trinajstić information content (AvgIpc) is 3.15. The van der Waals surface area contributed by atoms with Gasteiger partial charge in [0.25, 0.3) is 0 Å². The Morgan fingerprint density at radius 3 is 2.76 bits per heavy atom. The van der Waals surface area contributed by atoms with Gasteiger partial charge in [-0.05, 0) is 37.1 Å². The van der Waals surface area contributed by atoms with Crippen LogP contribution in [0.5, 0.6) is 0 Å². The number of rotatable bonds is 5. The van der Waals surface area contributed by atoms with Crippen molar-refractivity contribution in [2.45, 2.75) is 18.9 Å². The molecule has 4 rings (SSSR count). The molecule has 0 saturated carbocycles. The monoisotopic (exact) mass is 356 g/mol. The molecule has 2 aromatic heterocycles. The van der Waals surface area contributed by atoms with E-state index < -0.39 is 0 Å². The molecule has 1 aromatic carbocycles. The van der Waals surface area contributed by atoms with Crippen molar-refractivity contribution in [3.8, 4) is 0 Å². The molecule has 0 amide bonds. The van der Waals surface area contributed by atoms with Crippen molar-refractivity contribution < 1.29 is 4.74 Å². The third kappa shape index (κ3) is 3.78. The molecule has 0 unspecified atom stereocenters. The van der Waals surface area contributed by atoms with Crippen LogP contribution in [0.4, 0.5) is 17.5 Å². The van der Waals surface area contributed by atoms with Crippen LogP contribution in [0, 0.1) is 0 Å². The van der Waals surface area contributed by atoms with E-state index in [-0.39, 0.29) is 6.10 Å². The molecule has 3 heterocycles. The maximum atomic E-state index is 5.94. The fourth-order valence-corrected chi connectivity index (χ4v) is 2.84. The highest BCUT2D eigenvalue weighted by Gasteiger charge is 2.16. The summed E-state index contributed by atoms with van der Waals surface area (Å²) in [7, 11) is 0. The van der Waals surface area contributed by atoms with Crippen molar-refractivity contribution in [3.63, 3.8) is 0 Å². The Balaban J connectivity index is 1.62. The number of hydrogen-bond acceptors (Lipinski definition) is 7. The quantitative estimate of drug-likeness (QED) is 0.724. The van der Waals surface area contributed by atoms with Gasteiger partial charge in [-0.3, -0.25) is 0 Å². The SMILES string of the molecule is Clc1ccc(Nc2nc(NC[C@@H]3CCCO3)nc3nccnc23)cc1. The van der Waals surface area contributed by atoms with E-state index in [1.807, 2.05) is 24.3 Å². The van der Waals surface area contributed by atoms with Crippen LogP contribution in [0.15, 0.2) is 36.7 Å². The van der Waals surface area contributed by atoms with Crippen LogP contribution >= 0.6 is 11.6 Å². The lowest BCUT2D eigenvalue weighted by Gasteiger charge is -2.13. The number of hydrogen-bond donors (Lipinski definition) is 2.